The fourth-order valence-electron chi connectivity index (χ4n) is 2.28. The maximum Gasteiger partial charge on any atom is 0.317 e. The molecule has 2 fully saturated rings. The summed E-state index contributed by atoms with van der Waals surface area (Å²) in [6.07, 6.45) is 5.00. The van der Waals surface area contributed by atoms with E-state index < -0.39 is 0 Å². The quantitative estimate of drug-likeness (QED) is 0.782. The average Bonchev–Trinajstić information content (AvgIpc) is 3.10. The van der Waals surface area contributed by atoms with E-state index >= 15 is 0 Å². The third kappa shape index (κ3) is 4.19. The first-order valence-corrected chi connectivity index (χ1v) is 6.94. The van der Waals surface area contributed by atoms with Crippen LogP contribution in [0.25, 0.3) is 0 Å². The van der Waals surface area contributed by atoms with Crippen molar-refractivity contribution in [3.63, 3.8) is 0 Å². The van der Waals surface area contributed by atoms with Gasteiger partial charge in [0.1, 0.15) is 0 Å². The number of hydrogen-bond donors (Lipinski definition) is 2. The second-order valence-electron chi connectivity index (χ2n) is 5.72. The Labute approximate surface area is 104 Å². The van der Waals surface area contributed by atoms with Crippen molar-refractivity contribution < 1.29 is 4.79 Å². The first kappa shape index (κ1) is 12.7. The summed E-state index contributed by atoms with van der Waals surface area (Å²) in [5.41, 5.74) is 0. The van der Waals surface area contributed by atoms with Gasteiger partial charge in [-0.2, -0.15) is 0 Å². The number of urea groups is 1. The van der Waals surface area contributed by atoms with Gasteiger partial charge < -0.3 is 15.5 Å². The van der Waals surface area contributed by atoms with Gasteiger partial charge in [0.25, 0.3) is 0 Å². The van der Waals surface area contributed by atoms with Crippen LogP contribution in [-0.2, 0) is 0 Å². The fraction of sp³-hybridized carbons (Fsp3) is 0.923. The van der Waals surface area contributed by atoms with E-state index in [1.807, 2.05) is 18.7 Å². The van der Waals surface area contributed by atoms with Gasteiger partial charge in [0.05, 0.1) is 0 Å². The van der Waals surface area contributed by atoms with E-state index in [4.69, 9.17) is 0 Å². The number of hydrogen-bond acceptors (Lipinski definition) is 2. The van der Waals surface area contributed by atoms with E-state index in [0.717, 1.165) is 31.8 Å². The Bertz CT molecular complexity index is 255. The molecule has 0 aromatic carbocycles. The Morgan fingerprint density at radius 2 is 1.88 bits per heavy atom. The fourth-order valence-corrected chi connectivity index (χ4v) is 2.28. The van der Waals surface area contributed by atoms with Crippen LogP contribution in [0.2, 0.25) is 0 Å². The molecule has 1 aliphatic carbocycles. The molecule has 2 amide bonds. The Hall–Kier alpha value is -0.770. The molecule has 0 aromatic rings. The zero-order valence-electron chi connectivity index (χ0n) is 11.0. The molecule has 0 radical (unpaired) electrons. The molecule has 0 spiro atoms. The van der Waals surface area contributed by atoms with E-state index in [2.05, 4.69) is 10.6 Å². The van der Waals surface area contributed by atoms with Gasteiger partial charge in [-0.3, -0.25) is 0 Å². The van der Waals surface area contributed by atoms with E-state index in [9.17, 15) is 4.79 Å². The highest BCUT2D eigenvalue weighted by Crippen LogP contribution is 2.28. The minimum absolute atomic E-state index is 0.0978. The topological polar surface area (TPSA) is 44.4 Å². The van der Waals surface area contributed by atoms with Gasteiger partial charge in [0.2, 0.25) is 0 Å². The van der Waals surface area contributed by atoms with Crippen LogP contribution in [0.4, 0.5) is 4.79 Å². The molecule has 4 heteroatoms. The lowest BCUT2D eigenvalue weighted by Gasteiger charge is -2.33. The van der Waals surface area contributed by atoms with Crippen LogP contribution < -0.4 is 10.6 Å². The summed E-state index contributed by atoms with van der Waals surface area (Å²) >= 11 is 0. The molecule has 1 aliphatic heterocycles. The van der Waals surface area contributed by atoms with Crippen LogP contribution in [0.1, 0.15) is 39.5 Å². The molecule has 0 unspecified atom stereocenters. The van der Waals surface area contributed by atoms with Crippen molar-refractivity contribution in [1.29, 1.82) is 0 Å². The molecule has 17 heavy (non-hydrogen) atoms. The van der Waals surface area contributed by atoms with Crippen LogP contribution in [-0.4, -0.2) is 42.6 Å². The maximum atomic E-state index is 11.8. The van der Waals surface area contributed by atoms with Gasteiger partial charge in [-0.25, -0.2) is 4.79 Å². The lowest BCUT2D eigenvalue weighted by molar-refractivity contribution is 0.174. The lowest BCUT2D eigenvalue weighted by atomic mass is 10.1. The Balaban J connectivity index is 1.64. The standard InChI is InChI=1S/C13H25N3O/c1-10(2)15-13(17)16-7-5-12(6-8-16)14-9-11-3-4-11/h10-12,14H,3-9H2,1-2H3,(H,15,17). The minimum Gasteiger partial charge on any atom is -0.336 e. The van der Waals surface area contributed by atoms with Crippen molar-refractivity contribution in [2.24, 2.45) is 5.92 Å². The smallest absolute Gasteiger partial charge is 0.317 e. The van der Waals surface area contributed by atoms with E-state index in [1.165, 1.54) is 19.4 Å². The van der Waals surface area contributed by atoms with Gasteiger partial charge in [0.15, 0.2) is 0 Å². The van der Waals surface area contributed by atoms with Crippen molar-refractivity contribution in [2.75, 3.05) is 19.6 Å². The summed E-state index contributed by atoms with van der Waals surface area (Å²) in [5, 5.41) is 6.58. The lowest BCUT2D eigenvalue weighted by Crippen LogP contribution is -2.49. The van der Waals surface area contributed by atoms with Crippen molar-refractivity contribution in [1.82, 2.24) is 15.5 Å². The number of nitrogens with zero attached hydrogens (tertiary/aromatic N) is 1. The first-order chi connectivity index (χ1) is 8.15. The summed E-state index contributed by atoms with van der Waals surface area (Å²) in [5.74, 6) is 0.942. The molecule has 1 saturated heterocycles. The second-order valence-corrected chi connectivity index (χ2v) is 5.72. The number of nitrogens with one attached hydrogen (secondary N) is 2. The predicted molar refractivity (Wildman–Crippen MR) is 69.0 cm³/mol. The number of piperidine rings is 1. The normalized spacial score (nSPS) is 21.9. The van der Waals surface area contributed by atoms with Gasteiger partial charge in [-0.05, 0) is 52.0 Å². The molecular weight excluding hydrogens is 214 g/mol. The molecule has 1 heterocycles. The molecule has 0 atom stereocenters. The van der Waals surface area contributed by atoms with Crippen LogP contribution >= 0.6 is 0 Å². The SMILES string of the molecule is CC(C)NC(=O)N1CCC(NCC2CC2)CC1. The summed E-state index contributed by atoms with van der Waals surface area (Å²) in [6.45, 7) is 6.97. The van der Waals surface area contributed by atoms with E-state index in [1.54, 1.807) is 0 Å². The molecule has 2 rings (SSSR count). The molecule has 2 aliphatic rings. The predicted octanol–water partition coefficient (Wildman–Crippen LogP) is 1.57. The number of rotatable bonds is 4. The Morgan fingerprint density at radius 3 is 2.41 bits per heavy atom. The van der Waals surface area contributed by atoms with Crippen LogP contribution in [0.3, 0.4) is 0 Å². The third-order valence-corrected chi connectivity index (χ3v) is 3.59. The largest absolute Gasteiger partial charge is 0.336 e. The van der Waals surface area contributed by atoms with Gasteiger partial charge in [-0.15, -0.1) is 0 Å². The Kier molecular flexibility index (Phi) is 4.26. The zero-order valence-corrected chi connectivity index (χ0v) is 11.0. The van der Waals surface area contributed by atoms with Gasteiger partial charge in [-0.1, -0.05) is 0 Å². The molecule has 2 N–H and O–H groups in total. The van der Waals surface area contributed by atoms with Gasteiger partial charge >= 0.3 is 6.03 Å². The van der Waals surface area contributed by atoms with Crippen LogP contribution in [0.15, 0.2) is 0 Å². The molecule has 0 aromatic heterocycles. The number of amides is 2. The monoisotopic (exact) mass is 239 g/mol. The van der Waals surface area contributed by atoms with Crippen LogP contribution in [0.5, 0.6) is 0 Å². The van der Waals surface area contributed by atoms with E-state index in [0.29, 0.717) is 6.04 Å². The maximum absolute atomic E-state index is 11.8. The minimum atomic E-state index is 0.0978. The molecule has 98 valence electrons. The van der Waals surface area contributed by atoms with Gasteiger partial charge in [0, 0.05) is 25.2 Å². The summed E-state index contributed by atoms with van der Waals surface area (Å²) in [6, 6.07) is 0.951. The van der Waals surface area contributed by atoms with Crippen molar-refractivity contribution >= 4 is 6.03 Å². The molecular formula is C13H25N3O. The van der Waals surface area contributed by atoms with Crippen LogP contribution in [0, 0.1) is 5.92 Å². The van der Waals surface area contributed by atoms with Crippen molar-refractivity contribution in [3.8, 4) is 0 Å². The zero-order chi connectivity index (χ0) is 12.3. The summed E-state index contributed by atoms with van der Waals surface area (Å²) in [4.78, 5) is 13.7. The highest BCUT2D eigenvalue weighted by Gasteiger charge is 2.25. The molecule has 0 bridgehead atoms. The molecule has 1 saturated carbocycles. The summed E-state index contributed by atoms with van der Waals surface area (Å²) < 4.78 is 0. The second kappa shape index (κ2) is 5.71. The third-order valence-electron chi connectivity index (χ3n) is 3.59. The highest BCUT2D eigenvalue weighted by atomic mass is 16.2. The summed E-state index contributed by atoms with van der Waals surface area (Å²) in [7, 11) is 0. The molecule has 4 nitrogen and oxygen atoms in total. The number of carbonyl (C=O) groups is 1. The highest BCUT2D eigenvalue weighted by molar-refractivity contribution is 5.74. The number of carbonyl (C=O) groups excluding carboxylic acids is 1. The van der Waals surface area contributed by atoms with Crippen molar-refractivity contribution in [3.05, 3.63) is 0 Å². The Morgan fingerprint density at radius 1 is 1.24 bits per heavy atom. The average molecular weight is 239 g/mol. The number of likely N-dealkylation sites (tertiary alicyclic amines) is 1. The van der Waals surface area contributed by atoms with E-state index in [-0.39, 0.29) is 12.1 Å². The first-order valence-electron chi connectivity index (χ1n) is 6.94. The van der Waals surface area contributed by atoms with Crippen molar-refractivity contribution in [2.45, 2.75) is 51.6 Å².